The molecule has 1 aliphatic rings. The minimum atomic E-state index is -0.491. The second-order valence-electron chi connectivity index (χ2n) is 6.62. The summed E-state index contributed by atoms with van der Waals surface area (Å²) in [7, 11) is 0. The number of hydrogen-bond acceptors (Lipinski definition) is 0. The van der Waals surface area contributed by atoms with Gasteiger partial charge in [0.05, 0.1) is 5.41 Å². The van der Waals surface area contributed by atoms with Gasteiger partial charge in [-0.3, -0.25) is 0 Å². The van der Waals surface area contributed by atoms with Gasteiger partial charge in [0.15, 0.2) is 0 Å². The molecule has 1 aromatic carbocycles. The molecule has 0 amide bonds. The maximum absolute atomic E-state index is 4.01. The fourth-order valence-electron chi connectivity index (χ4n) is 4.18. The largest absolute Gasteiger partial charge is 0.0991 e. The van der Waals surface area contributed by atoms with E-state index in [1.54, 1.807) is 0 Å². The van der Waals surface area contributed by atoms with Gasteiger partial charge in [0, 0.05) is 0 Å². The highest BCUT2D eigenvalue weighted by Crippen LogP contribution is 2.58. The smallest absolute Gasteiger partial charge is 0.0710 e. The molecule has 0 saturated carbocycles. The zero-order chi connectivity index (χ0) is 21.3. The van der Waals surface area contributed by atoms with Crippen molar-refractivity contribution in [3.8, 4) is 0 Å². The molecule has 0 heterocycles. The Balaban J connectivity index is 3.16. The predicted molar refractivity (Wildman–Crippen MR) is 131 cm³/mol. The summed E-state index contributed by atoms with van der Waals surface area (Å²) in [5, 5.41) is 0. The van der Waals surface area contributed by atoms with Gasteiger partial charge in [0.25, 0.3) is 0 Å². The SMILES string of the molecule is C=C/C=C\C(=C/C)C1(C(/C=C\C)=C/C=C)C(=C/C=C)/C(=C\C=C)c2ccccc21. The van der Waals surface area contributed by atoms with Crippen molar-refractivity contribution in [2.24, 2.45) is 0 Å². The number of hydrogen-bond donors (Lipinski definition) is 0. The molecule has 0 heteroatoms. The van der Waals surface area contributed by atoms with Gasteiger partial charge in [-0.1, -0.05) is 123 Å². The summed E-state index contributed by atoms with van der Waals surface area (Å²) >= 11 is 0. The van der Waals surface area contributed by atoms with E-state index in [1.165, 1.54) is 16.7 Å². The van der Waals surface area contributed by atoms with Crippen LogP contribution in [-0.4, -0.2) is 0 Å². The lowest BCUT2D eigenvalue weighted by Crippen LogP contribution is -2.29. The van der Waals surface area contributed by atoms with Crippen LogP contribution in [0.3, 0.4) is 0 Å². The van der Waals surface area contributed by atoms with Crippen LogP contribution in [0.1, 0.15) is 25.0 Å². The van der Waals surface area contributed by atoms with Crippen molar-refractivity contribution in [2.75, 3.05) is 0 Å². The second kappa shape index (κ2) is 10.2. The number of fused-ring (bicyclic) bond motifs is 1. The van der Waals surface area contributed by atoms with Gasteiger partial charge < -0.3 is 0 Å². The summed E-state index contributed by atoms with van der Waals surface area (Å²) in [6.45, 7) is 19.9. The highest BCUT2D eigenvalue weighted by Gasteiger charge is 2.48. The monoisotopic (exact) mass is 378 g/mol. The number of allylic oxidation sites excluding steroid dienone is 16. The first-order valence-corrected chi connectivity index (χ1v) is 9.85. The molecule has 1 unspecified atom stereocenters. The average molecular weight is 379 g/mol. The Morgan fingerprint density at radius 2 is 1.55 bits per heavy atom. The van der Waals surface area contributed by atoms with Crippen LogP contribution >= 0.6 is 0 Å². The molecular weight excluding hydrogens is 348 g/mol. The maximum Gasteiger partial charge on any atom is 0.0710 e. The minimum absolute atomic E-state index is 0.491. The predicted octanol–water partition coefficient (Wildman–Crippen LogP) is 8.00. The molecule has 1 aliphatic carbocycles. The topological polar surface area (TPSA) is 0 Å². The van der Waals surface area contributed by atoms with Gasteiger partial charge in [0.1, 0.15) is 0 Å². The molecular formula is C29H30. The third-order valence-electron chi connectivity index (χ3n) is 5.12. The summed E-state index contributed by atoms with van der Waals surface area (Å²) in [6, 6.07) is 8.57. The van der Waals surface area contributed by atoms with Gasteiger partial charge in [-0.05, 0) is 47.3 Å². The van der Waals surface area contributed by atoms with E-state index in [0.717, 1.165) is 16.7 Å². The third kappa shape index (κ3) is 3.79. The highest BCUT2D eigenvalue weighted by atomic mass is 14.5. The van der Waals surface area contributed by atoms with Crippen molar-refractivity contribution in [3.05, 3.63) is 151 Å². The Kier molecular flexibility index (Phi) is 7.74. The summed E-state index contributed by atoms with van der Waals surface area (Å²) in [5.41, 5.74) is 6.57. The summed E-state index contributed by atoms with van der Waals surface area (Å²) in [4.78, 5) is 0. The Morgan fingerprint density at radius 1 is 0.828 bits per heavy atom. The molecule has 2 rings (SSSR count). The lowest BCUT2D eigenvalue weighted by molar-refractivity contribution is 0.764. The van der Waals surface area contributed by atoms with E-state index < -0.39 is 5.41 Å². The Hall–Kier alpha value is -3.38. The fourth-order valence-corrected chi connectivity index (χ4v) is 4.18. The lowest BCUT2D eigenvalue weighted by atomic mass is 9.65. The van der Waals surface area contributed by atoms with Crippen LogP contribution in [-0.2, 0) is 5.41 Å². The average Bonchev–Trinajstić information content (AvgIpc) is 3.00. The molecule has 0 nitrogen and oxygen atoms in total. The van der Waals surface area contributed by atoms with E-state index in [4.69, 9.17) is 0 Å². The molecule has 0 N–H and O–H groups in total. The maximum atomic E-state index is 4.01. The number of rotatable bonds is 8. The molecule has 29 heavy (non-hydrogen) atoms. The normalized spacial score (nSPS) is 22.4. The zero-order valence-corrected chi connectivity index (χ0v) is 17.6. The number of benzene rings is 1. The van der Waals surface area contributed by atoms with Crippen LogP contribution in [0.4, 0.5) is 0 Å². The Labute approximate surface area is 176 Å². The first-order valence-electron chi connectivity index (χ1n) is 9.85. The Bertz CT molecular complexity index is 983. The van der Waals surface area contributed by atoms with Gasteiger partial charge in [-0.15, -0.1) is 0 Å². The van der Waals surface area contributed by atoms with E-state index in [1.807, 2.05) is 37.3 Å². The first kappa shape index (κ1) is 21.9. The van der Waals surface area contributed by atoms with E-state index in [-0.39, 0.29) is 0 Å². The van der Waals surface area contributed by atoms with E-state index >= 15 is 0 Å². The first-order chi connectivity index (χ1) is 14.2. The van der Waals surface area contributed by atoms with E-state index in [2.05, 4.69) is 100 Å². The van der Waals surface area contributed by atoms with Crippen LogP contribution in [0, 0.1) is 0 Å². The standard InChI is InChI=1S/C29H30/c1-7-13-20-23(12-6)29(24(16-8-2)17-9-3)27(19-11-5)25(18-10-4)26-21-14-15-22-28(26)29/h7-22H,1-2,4-5H2,3,6H3/b17-9-,20-13-,23-12+,24-16+,25-18-,27-19+. The van der Waals surface area contributed by atoms with Gasteiger partial charge in [-0.25, -0.2) is 0 Å². The van der Waals surface area contributed by atoms with Crippen molar-refractivity contribution in [2.45, 2.75) is 19.3 Å². The summed E-state index contributed by atoms with van der Waals surface area (Å²) < 4.78 is 0. The van der Waals surface area contributed by atoms with Gasteiger partial charge >= 0.3 is 0 Å². The quantitative estimate of drug-likeness (QED) is 0.402. The van der Waals surface area contributed by atoms with E-state index in [0.29, 0.717) is 0 Å². The van der Waals surface area contributed by atoms with Crippen molar-refractivity contribution in [3.63, 3.8) is 0 Å². The molecule has 0 fully saturated rings. The molecule has 0 saturated heterocycles. The van der Waals surface area contributed by atoms with Crippen LogP contribution in [0.5, 0.6) is 0 Å². The minimum Gasteiger partial charge on any atom is -0.0991 e. The van der Waals surface area contributed by atoms with Gasteiger partial charge in [0.2, 0.25) is 0 Å². The lowest BCUT2D eigenvalue weighted by Gasteiger charge is -2.36. The van der Waals surface area contributed by atoms with Crippen molar-refractivity contribution >= 4 is 5.57 Å². The molecule has 0 aliphatic heterocycles. The van der Waals surface area contributed by atoms with Crippen molar-refractivity contribution in [1.29, 1.82) is 0 Å². The summed E-state index contributed by atoms with van der Waals surface area (Å²) in [5.74, 6) is 0. The van der Waals surface area contributed by atoms with Crippen LogP contribution in [0.25, 0.3) is 5.57 Å². The highest BCUT2D eigenvalue weighted by molar-refractivity contribution is 5.95. The molecule has 0 spiro atoms. The molecule has 1 aromatic rings. The molecule has 1 atom stereocenters. The molecule has 0 radical (unpaired) electrons. The summed E-state index contributed by atoms with van der Waals surface area (Å²) in [6.07, 6.45) is 24.2. The van der Waals surface area contributed by atoms with Gasteiger partial charge in [-0.2, -0.15) is 0 Å². The molecule has 146 valence electrons. The second-order valence-corrected chi connectivity index (χ2v) is 6.62. The van der Waals surface area contributed by atoms with Crippen LogP contribution in [0.15, 0.2) is 140 Å². The fraction of sp³-hybridized carbons (Fsp3) is 0.103. The van der Waals surface area contributed by atoms with Crippen LogP contribution < -0.4 is 0 Å². The van der Waals surface area contributed by atoms with Crippen molar-refractivity contribution in [1.82, 2.24) is 0 Å². The van der Waals surface area contributed by atoms with E-state index in [9.17, 15) is 0 Å². The third-order valence-corrected chi connectivity index (χ3v) is 5.12. The Morgan fingerprint density at radius 3 is 2.14 bits per heavy atom. The zero-order valence-electron chi connectivity index (χ0n) is 17.6. The van der Waals surface area contributed by atoms with Crippen molar-refractivity contribution < 1.29 is 0 Å². The molecule has 0 aromatic heterocycles. The molecule has 0 bridgehead atoms. The van der Waals surface area contributed by atoms with Crippen LogP contribution in [0.2, 0.25) is 0 Å².